The van der Waals surface area contributed by atoms with E-state index in [1.54, 1.807) is 6.07 Å². The van der Waals surface area contributed by atoms with Crippen LogP contribution in [-0.4, -0.2) is 15.0 Å². The molecule has 0 fully saturated rings. The highest BCUT2D eigenvalue weighted by Crippen LogP contribution is 2.36. The van der Waals surface area contributed by atoms with Crippen LogP contribution in [0.1, 0.15) is 65.4 Å². The molecule has 1 aromatic rings. The number of benzene rings is 1. The SMILES string of the molecule is C[C@H](CC1=C(c2cc(Br)ccc2F)CCCC1)NS(=O)C(C)(C)C. The van der Waals surface area contributed by atoms with Crippen LogP contribution in [-0.2, 0) is 11.0 Å². The molecule has 0 amide bonds. The van der Waals surface area contributed by atoms with Gasteiger partial charge in [0.2, 0.25) is 0 Å². The molecule has 1 aliphatic carbocycles. The third kappa shape index (κ3) is 5.24. The van der Waals surface area contributed by atoms with Crippen LogP contribution in [0.2, 0.25) is 0 Å². The Hall–Kier alpha value is -0.520. The van der Waals surface area contributed by atoms with Crippen LogP contribution < -0.4 is 4.72 Å². The molecule has 1 aromatic carbocycles. The third-order valence-corrected chi connectivity index (χ3v) is 6.47. The molecule has 0 saturated heterocycles. The Morgan fingerprint density at radius 3 is 2.62 bits per heavy atom. The maximum Gasteiger partial charge on any atom is 0.130 e. The molecular formula is C19H27BrFNOS. The summed E-state index contributed by atoms with van der Waals surface area (Å²) in [5, 5.41) is 0. The second kappa shape index (κ2) is 8.24. The summed E-state index contributed by atoms with van der Waals surface area (Å²) >= 11 is 3.45. The fourth-order valence-corrected chi connectivity index (χ4v) is 4.18. The van der Waals surface area contributed by atoms with E-state index in [4.69, 9.17) is 0 Å². The van der Waals surface area contributed by atoms with Crippen LogP contribution in [0.5, 0.6) is 0 Å². The molecule has 134 valence electrons. The van der Waals surface area contributed by atoms with Gasteiger partial charge < -0.3 is 0 Å². The number of allylic oxidation sites excluding steroid dienone is 1. The topological polar surface area (TPSA) is 29.1 Å². The lowest BCUT2D eigenvalue weighted by Crippen LogP contribution is -2.38. The highest BCUT2D eigenvalue weighted by Gasteiger charge is 2.23. The average Bonchev–Trinajstić information content (AvgIpc) is 2.49. The minimum Gasteiger partial charge on any atom is -0.242 e. The van der Waals surface area contributed by atoms with E-state index in [-0.39, 0.29) is 16.6 Å². The van der Waals surface area contributed by atoms with Gasteiger partial charge in [-0.05, 0) is 83.6 Å². The molecule has 2 rings (SSSR count). The van der Waals surface area contributed by atoms with Gasteiger partial charge in [-0.1, -0.05) is 21.5 Å². The Kier molecular flexibility index (Phi) is 6.80. The van der Waals surface area contributed by atoms with Gasteiger partial charge in [0.05, 0.1) is 15.7 Å². The van der Waals surface area contributed by atoms with Crippen molar-refractivity contribution in [2.75, 3.05) is 0 Å². The Labute approximate surface area is 156 Å². The van der Waals surface area contributed by atoms with E-state index in [1.807, 2.05) is 26.8 Å². The van der Waals surface area contributed by atoms with Crippen molar-refractivity contribution in [3.63, 3.8) is 0 Å². The van der Waals surface area contributed by atoms with Crippen molar-refractivity contribution < 1.29 is 8.60 Å². The van der Waals surface area contributed by atoms with E-state index < -0.39 is 11.0 Å². The molecule has 1 aliphatic rings. The van der Waals surface area contributed by atoms with Gasteiger partial charge in [-0.15, -0.1) is 0 Å². The standard InChI is InChI=1S/C19H27BrFNOS/c1-13(22-24(23)19(2,3)4)11-14-7-5-6-8-16(14)17-12-15(20)9-10-18(17)21/h9-10,12-13,22H,5-8,11H2,1-4H3/t13-,24?/m1/s1. The lowest BCUT2D eigenvalue weighted by molar-refractivity contribution is 0.583. The summed E-state index contributed by atoms with van der Waals surface area (Å²) in [5.41, 5.74) is 3.14. The lowest BCUT2D eigenvalue weighted by atomic mass is 9.84. The van der Waals surface area contributed by atoms with Crippen molar-refractivity contribution in [1.29, 1.82) is 0 Å². The van der Waals surface area contributed by atoms with E-state index >= 15 is 0 Å². The van der Waals surface area contributed by atoms with Gasteiger partial charge in [0.1, 0.15) is 5.82 Å². The van der Waals surface area contributed by atoms with E-state index in [9.17, 15) is 8.60 Å². The van der Waals surface area contributed by atoms with Crippen molar-refractivity contribution in [2.24, 2.45) is 0 Å². The van der Waals surface area contributed by atoms with E-state index in [0.717, 1.165) is 42.1 Å². The quantitative estimate of drug-likeness (QED) is 0.651. The molecule has 1 N–H and O–H groups in total. The predicted octanol–water partition coefficient (Wildman–Crippen LogP) is 5.75. The van der Waals surface area contributed by atoms with Crippen LogP contribution in [0.15, 0.2) is 28.2 Å². The van der Waals surface area contributed by atoms with Crippen LogP contribution in [0.3, 0.4) is 0 Å². The van der Waals surface area contributed by atoms with Crippen molar-refractivity contribution in [3.05, 3.63) is 39.6 Å². The molecule has 0 spiro atoms. The Morgan fingerprint density at radius 2 is 1.96 bits per heavy atom. The molecule has 2 nitrogen and oxygen atoms in total. The summed E-state index contributed by atoms with van der Waals surface area (Å²) in [6.07, 6.45) is 4.96. The monoisotopic (exact) mass is 415 g/mol. The minimum atomic E-state index is -1.09. The maximum atomic E-state index is 14.3. The molecule has 0 bridgehead atoms. The first-order valence-corrected chi connectivity index (χ1v) is 10.5. The smallest absolute Gasteiger partial charge is 0.130 e. The highest BCUT2D eigenvalue weighted by atomic mass is 79.9. The molecule has 0 saturated carbocycles. The Morgan fingerprint density at radius 1 is 1.29 bits per heavy atom. The molecule has 0 radical (unpaired) electrons. The van der Waals surface area contributed by atoms with Crippen molar-refractivity contribution >= 4 is 32.5 Å². The molecule has 1 unspecified atom stereocenters. The third-order valence-electron chi connectivity index (χ3n) is 4.25. The number of halogens is 2. The number of rotatable bonds is 5. The fourth-order valence-electron chi connectivity index (χ4n) is 3.02. The van der Waals surface area contributed by atoms with E-state index in [1.165, 1.54) is 11.6 Å². The summed E-state index contributed by atoms with van der Waals surface area (Å²) < 4.78 is 30.4. The van der Waals surface area contributed by atoms with Crippen molar-refractivity contribution in [3.8, 4) is 0 Å². The normalized spacial score (nSPS) is 18.6. The van der Waals surface area contributed by atoms with Crippen molar-refractivity contribution in [1.82, 2.24) is 4.72 Å². The zero-order valence-corrected chi connectivity index (χ0v) is 17.3. The first kappa shape index (κ1) is 19.8. The summed E-state index contributed by atoms with van der Waals surface area (Å²) in [7, 11) is -1.09. The molecule has 5 heteroatoms. The second-order valence-corrected chi connectivity index (χ2v) is 10.4. The fraction of sp³-hybridized carbons (Fsp3) is 0.579. The van der Waals surface area contributed by atoms with Crippen LogP contribution >= 0.6 is 15.9 Å². The summed E-state index contributed by atoms with van der Waals surface area (Å²) in [6.45, 7) is 7.95. The summed E-state index contributed by atoms with van der Waals surface area (Å²) in [6, 6.07) is 5.23. The predicted molar refractivity (Wildman–Crippen MR) is 105 cm³/mol. The second-order valence-electron chi connectivity index (χ2n) is 7.52. The molecule has 0 aliphatic heterocycles. The van der Waals surface area contributed by atoms with Gasteiger partial charge in [-0.2, -0.15) is 0 Å². The van der Waals surface area contributed by atoms with Gasteiger partial charge in [0.25, 0.3) is 0 Å². The van der Waals surface area contributed by atoms with E-state index in [0.29, 0.717) is 5.56 Å². The van der Waals surface area contributed by atoms with Gasteiger partial charge in [-0.3, -0.25) is 0 Å². The lowest BCUT2D eigenvalue weighted by Gasteiger charge is -2.26. The molecule has 0 heterocycles. The molecule has 0 aromatic heterocycles. The van der Waals surface area contributed by atoms with Crippen LogP contribution in [0.25, 0.3) is 5.57 Å². The molecule has 24 heavy (non-hydrogen) atoms. The average molecular weight is 416 g/mol. The highest BCUT2D eigenvalue weighted by molar-refractivity contribution is 9.10. The number of hydrogen-bond acceptors (Lipinski definition) is 1. The Bertz CT molecular complexity index is 651. The molecular weight excluding hydrogens is 389 g/mol. The largest absolute Gasteiger partial charge is 0.242 e. The van der Waals surface area contributed by atoms with E-state index in [2.05, 4.69) is 27.6 Å². The van der Waals surface area contributed by atoms with Crippen LogP contribution in [0, 0.1) is 5.82 Å². The van der Waals surface area contributed by atoms with Gasteiger partial charge >= 0.3 is 0 Å². The van der Waals surface area contributed by atoms with Gasteiger partial charge in [-0.25, -0.2) is 13.3 Å². The minimum absolute atomic E-state index is 0.100. The first-order chi connectivity index (χ1) is 11.2. The zero-order valence-electron chi connectivity index (χ0n) is 14.9. The van der Waals surface area contributed by atoms with Gasteiger partial charge in [0.15, 0.2) is 0 Å². The first-order valence-electron chi connectivity index (χ1n) is 8.53. The van der Waals surface area contributed by atoms with Gasteiger partial charge in [0, 0.05) is 16.1 Å². The number of hydrogen-bond donors (Lipinski definition) is 1. The zero-order chi connectivity index (χ0) is 17.9. The number of nitrogens with one attached hydrogen (secondary N) is 1. The molecule has 2 atom stereocenters. The Balaban J connectivity index is 2.23. The van der Waals surface area contributed by atoms with Crippen LogP contribution in [0.4, 0.5) is 4.39 Å². The van der Waals surface area contributed by atoms with Crippen molar-refractivity contribution in [2.45, 2.75) is 70.6 Å². The summed E-state index contributed by atoms with van der Waals surface area (Å²) in [4.78, 5) is 0. The summed E-state index contributed by atoms with van der Waals surface area (Å²) in [5.74, 6) is -0.161. The maximum absolute atomic E-state index is 14.3.